The highest BCUT2D eigenvalue weighted by molar-refractivity contribution is 6.16. The molecule has 0 N–H and O–H groups in total. The standard InChI is InChI=1S/C24H18N2O3/c1-28-19-10-9-14(13-20(19)29-2)21-24-17-7-3-5-15(11-17)22(24)26(25-21)23(27)16-6-4-8-18(24)12-16/h3-13,22H,1-2H3. The predicted octanol–water partition coefficient (Wildman–Crippen LogP) is 3.92. The lowest BCUT2D eigenvalue weighted by Gasteiger charge is -2.33. The van der Waals surface area contributed by atoms with Gasteiger partial charge >= 0.3 is 0 Å². The third-order valence-corrected chi connectivity index (χ3v) is 6.32. The summed E-state index contributed by atoms with van der Waals surface area (Å²) in [5.41, 5.74) is 5.27. The van der Waals surface area contributed by atoms with E-state index in [2.05, 4.69) is 30.3 Å². The first-order chi connectivity index (χ1) is 14.2. The SMILES string of the molecule is COc1ccc(C2=NN3C(=O)c4cccc(c4)C24c2cccc(c2)C34)cc1OC. The van der Waals surface area contributed by atoms with Crippen molar-refractivity contribution < 1.29 is 14.3 Å². The van der Waals surface area contributed by atoms with Crippen molar-refractivity contribution in [1.82, 2.24) is 5.01 Å². The number of fused-ring (bicyclic) bond motifs is 4. The topological polar surface area (TPSA) is 51.1 Å². The van der Waals surface area contributed by atoms with E-state index in [0.29, 0.717) is 17.1 Å². The third kappa shape index (κ3) is 1.85. The Morgan fingerprint density at radius 3 is 2.41 bits per heavy atom. The number of carbonyl (C=O) groups excluding carboxylic acids is 1. The van der Waals surface area contributed by atoms with E-state index in [1.807, 2.05) is 36.4 Å². The second-order valence-corrected chi connectivity index (χ2v) is 7.58. The largest absolute Gasteiger partial charge is 0.493 e. The van der Waals surface area contributed by atoms with Crippen molar-refractivity contribution in [3.8, 4) is 11.5 Å². The highest BCUT2D eigenvalue weighted by atomic mass is 16.5. The maximum absolute atomic E-state index is 13.3. The lowest BCUT2D eigenvalue weighted by atomic mass is 9.68. The van der Waals surface area contributed by atoms with Crippen LogP contribution in [0.2, 0.25) is 0 Å². The van der Waals surface area contributed by atoms with E-state index < -0.39 is 5.41 Å². The Balaban J connectivity index is 1.67. The first-order valence-electron chi connectivity index (χ1n) is 9.54. The van der Waals surface area contributed by atoms with Gasteiger partial charge in [-0.15, -0.1) is 0 Å². The lowest BCUT2D eigenvalue weighted by Crippen LogP contribution is -2.39. The van der Waals surface area contributed by atoms with Crippen LogP contribution in [0.15, 0.2) is 71.8 Å². The molecule has 1 amide bonds. The third-order valence-electron chi connectivity index (χ3n) is 6.32. The van der Waals surface area contributed by atoms with Gasteiger partial charge in [-0.2, -0.15) is 5.10 Å². The zero-order valence-corrected chi connectivity index (χ0v) is 16.0. The van der Waals surface area contributed by atoms with Crippen molar-refractivity contribution in [2.75, 3.05) is 14.2 Å². The van der Waals surface area contributed by atoms with Crippen molar-refractivity contribution in [3.05, 3.63) is 94.5 Å². The molecule has 0 aromatic heterocycles. The Morgan fingerprint density at radius 2 is 1.62 bits per heavy atom. The summed E-state index contributed by atoms with van der Waals surface area (Å²) in [5.74, 6) is 1.23. The summed E-state index contributed by atoms with van der Waals surface area (Å²) in [6.45, 7) is 0. The Morgan fingerprint density at radius 1 is 0.862 bits per heavy atom. The summed E-state index contributed by atoms with van der Waals surface area (Å²) in [5, 5.41) is 6.57. The van der Waals surface area contributed by atoms with E-state index in [9.17, 15) is 4.79 Å². The lowest BCUT2D eigenvalue weighted by molar-refractivity contribution is 0.0695. The van der Waals surface area contributed by atoms with Crippen molar-refractivity contribution in [1.29, 1.82) is 0 Å². The molecule has 0 saturated heterocycles. The number of hydrogen-bond acceptors (Lipinski definition) is 4. The average Bonchev–Trinajstić information content (AvgIpc) is 3.22. The second kappa shape index (κ2) is 5.47. The predicted molar refractivity (Wildman–Crippen MR) is 109 cm³/mol. The van der Waals surface area contributed by atoms with Gasteiger partial charge in [0.05, 0.1) is 25.3 Å². The van der Waals surface area contributed by atoms with E-state index in [4.69, 9.17) is 14.6 Å². The Kier molecular flexibility index (Phi) is 3.09. The molecule has 2 unspecified atom stereocenters. The monoisotopic (exact) mass is 382 g/mol. The van der Waals surface area contributed by atoms with Crippen LogP contribution in [0, 0.1) is 0 Å². The summed E-state index contributed by atoms with van der Waals surface area (Å²) in [6, 6.07) is 22.0. The molecular weight excluding hydrogens is 364 g/mol. The highest BCUT2D eigenvalue weighted by Crippen LogP contribution is 2.58. The molecule has 6 bridgehead atoms. The van der Waals surface area contributed by atoms with Gasteiger partial charge in [0.1, 0.15) is 6.04 Å². The van der Waals surface area contributed by atoms with Crippen LogP contribution < -0.4 is 9.47 Å². The molecule has 29 heavy (non-hydrogen) atoms. The zero-order valence-electron chi connectivity index (χ0n) is 16.0. The normalized spacial score (nSPS) is 22.8. The number of hydrazone groups is 1. The number of ether oxygens (including phenoxy) is 2. The molecule has 2 aliphatic heterocycles. The number of hydrogen-bond donors (Lipinski definition) is 0. The summed E-state index contributed by atoms with van der Waals surface area (Å²) in [6.07, 6.45) is 0. The van der Waals surface area contributed by atoms with Crippen LogP contribution in [0.3, 0.4) is 0 Å². The zero-order chi connectivity index (χ0) is 19.8. The fourth-order valence-corrected chi connectivity index (χ4v) is 5.12. The maximum atomic E-state index is 13.3. The molecule has 6 rings (SSSR count). The van der Waals surface area contributed by atoms with Crippen molar-refractivity contribution in [3.63, 3.8) is 0 Å². The van der Waals surface area contributed by atoms with Crippen LogP contribution >= 0.6 is 0 Å². The molecule has 5 heteroatoms. The first kappa shape index (κ1) is 16.4. The fraction of sp³-hybridized carbons (Fsp3) is 0.167. The molecule has 0 fully saturated rings. The van der Waals surface area contributed by atoms with Crippen LogP contribution in [0.25, 0.3) is 0 Å². The quantitative estimate of drug-likeness (QED) is 0.690. The van der Waals surface area contributed by atoms with Crippen LogP contribution in [0.1, 0.15) is 38.7 Å². The molecule has 2 heterocycles. The van der Waals surface area contributed by atoms with Gasteiger partial charge in [-0.05, 0) is 47.0 Å². The minimum absolute atomic E-state index is 0.0725. The fourth-order valence-electron chi connectivity index (χ4n) is 5.12. The molecule has 0 radical (unpaired) electrons. The minimum atomic E-state index is -0.527. The number of carbonyl (C=O) groups is 1. The summed E-state index contributed by atoms with van der Waals surface area (Å²) < 4.78 is 10.9. The van der Waals surface area contributed by atoms with E-state index >= 15 is 0 Å². The Hall–Kier alpha value is -3.60. The minimum Gasteiger partial charge on any atom is -0.493 e. The van der Waals surface area contributed by atoms with E-state index in [1.54, 1.807) is 19.2 Å². The molecule has 2 atom stereocenters. The van der Waals surface area contributed by atoms with Crippen LogP contribution in [-0.4, -0.2) is 30.8 Å². The van der Waals surface area contributed by atoms with Gasteiger partial charge in [0.15, 0.2) is 11.5 Å². The van der Waals surface area contributed by atoms with Crippen LogP contribution in [0.4, 0.5) is 0 Å². The van der Waals surface area contributed by atoms with E-state index in [0.717, 1.165) is 28.0 Å². The van der Waals surface area contributed by atoms with Crippen LogP contribution in [-0.2, 0) is 5.41 Å². The Bertz CT molecular complexity index is 1230. The molecule has 0 spiro atoms. The van der Waals surface area contributed by atoms with Crippen LogP contribution in [0.5, 0.6) is 11.5 Å². The summed E-state index contributed by atoms with van der Waals surface area (Å²) in [4.78, 5) is 13.3. The van der Waals surface area contributed by atoms with Gasteiger partial charge in [-0.3, -0.25) is 4.79 Å². The van der Waals surface area contributed by atoms with Gasteiger partial charge in [-0.1, -0.05) is 36.4 Å². The van der Waals surface area contributed by atoms with Gasteiger partial charge in [0.25, 0.3) is 5.91 Å². The maximum Gasteiger partial charge on any atom is 0.274 e. The first-order valence-corrected chi connectivity index (χ1v) is 9.54. The number of nitrogens with zero attached hydrogens (tertiary/aromatic N) is 2. The molecule has 3 aromatic carbocycles. The van der Waals surface area contributed by atoms with Gasteiger partial charge in [0.2, 0.25) is 0 Å². The summed E-state index contributed by atoms with van der Waals surface area (Å²) in [7, 11) is 3.24. The van der Waals surface area contributed by atoms with Crippen molar-refractivity contribution in [2.24, 2.45) is 5.10 Å². The number of methoxy groups -OCH3 is 2. The highest BCUT2D eigenvalue weighted by Gasteiger charge is 2.60. The number of rotatable bonds is 3. The second-order valence-electron chi connectivity index (χ2n) is 7.58. The van der Waals surface area contributed by atoms with Crippen molar-refractivity contribution in [2.45, 2.75) is 11.5 Å². The average molecular weight is 382 g/mol. The molecule has 0 saturated carbocycles. The van der Waals surface area contributed by atoms with Gasteiger partial charge < -0.3 is 9.47 Å². The molecule has 142 valence electrons. The van der Waals surface area contributed by atoms with Crippen molar-refractivity contribution >= 4 is 11.6 Å². The molecule has 1 aliphatic carbocycles. The smallest absolute Gasteiger partial charge is 0.274 e. The molecule has 3 aromatic rings. The van der Waals surface area contributed by atoms with Gasteiger partial charge in [0, 0.05) is 11.1 Å². The van der Waals surface area contributed by atoms with E-state index in [1.165, 1.54) is 0 Å². The molecule has 3 aliphatic rings. The Labute approximate surface area is 168 Å². The van der Waals surface area contributed by atoms with E-state index in [-0.39, 0.29) is 11.9 Å². The molecular formula is C24H18N2O3. The number of amides is 1. The number of benzene rings is 3. The summed E-state index contributed by atoms with van der Waals surface area (Å²) >= 11 is 0. The van der Waals surface area contributed by atoms with Gasteiger partial charge in [-0.25, -0.2) is 5.01 Å². The molecule has 5 nitrogen and oxygen atoms in total.